The Morgan fingerprint density at radius 3 is 2.28 bits per heavy atom. The summed E-state index contributed by atoms with van der Waals surface area (Å²) in [4.78, 5) is 0. The highest BCUT2D eigenvalue weighted by Crippen LogP contribution is 2.29. The molecule has 1 aliphatic carbocycles. The molecule has 0 aromatic heterocycles. The molecule has 5 nitrogen and oxygen atoms in total. The Morgan fingerprint density at radius 2 is 1.67 bits per heavy atom. The quantitative estimate of drug-likeness (QED) is 0.775. The van der Waals surface area contributed by atoms with Gasteiger partial charge in [0.1, 0.15) is 0 Å². The highest BCUT2D eigenvalue weighted by Gasteiger charge is 2.28. The van der Waals surface area contributed by atoms with Gasteiger partial charge in [0, 0.05) is 19.6 Å². The van der Waals surface area contributed by atoms with Crippen LogP contribution in [0.3, 0.4) is 0 Å². The van der Waals surface area contributed by atoms with Crippen LogP contribution in [0.5, 0.6) is 0 Å². The second-order valence-electron chi connectivity index (χ2n) is 5.50. The average Bonchev–Trinajstić information content (AvgIpc) is 2.91. The molecular weight excluding hydrogens is 250 g/mol. The van der Waals surface area contributed by atoms with Crippen molar-refractivity contribution in [2.45, 2.75) is 38.5 Å². The van der Waals surface area contributed by atoms with Crippen molar-refractivity contribution in [3.8, 4) is 0 Å². The first-order valence-electron chi connectivity index (χ1n) is 7.08. The van der Waals surface area contributed by atoms with Crippen LogP contribution in [0.15, 0.2) is 0 Å². The Kier molecular flexibility index (Phi) is 5.00. The van der Waals surface area contributed by atoms with Crippen LogP contribution in [-0.4, -0.2) is 38.9 Å². The van der Waals surface area contributed by atoms with Crippen LogP contribution >= 0.6 is 0 Å². The molecule has 0 aromatic carbocycles. The van der Waals surface area contributed by atoms with E-state index >= 15 is 0 Å². The van der Waals surface area contributed by atoms with Gasteiger partial charge in [0.05, 0.1) is 0 Å². The zero-order valence-corrected chi connectivity index (χ0v) is 11.8. The highest BCUT2D eigenvalue weighted by atomic mass is 32.2. The summed E-state index contributed by atoms with van der Waals surface area (Å²) >= 11 is 0. The molecule has 18 heavy (non-hydrogen) atoms. The van der Waals surface area contributed by atoms with E-state index in [1.807, 2.05) is 0 Å². The molecule has 3 N–H and O–H groups in total. The van der Waals surface area contributed by atoms with E-state index in [1.54, 1.807) is 4.31 Å². The minimum absolute atomic E-state index is 0.418. The minimum Gasteiger partial charge on any atom is -0.330 e. The molecule has 0 aromatic rings. The van der Waals surface area contributed by atoms with Crippen molar-refractivity contribution in [2.75, 3.05) is 26.2 Å². The molecule has 2 rings (SSSR count). The van der Waals surface area contributed by atoms with Crippen LogP contribution in [0.2, 0.25) is 0 Å². The lowest BCUT2D eigenvalue weighted by atomic mass is 9.79. The zero-order valence-electron chi connectivity index (χ0n) is 11.0. The van der Waals surface area contributed by atoms with Crippen molar-refractivity contribution in [2.24, 2.45) is 17.6 Å². The van der Waals surface area contributed by atoms with Crippen molar-refractivity contribution in [3.63, 3.8) is 0 Å². The Bertz CT molecular complexity index is 352. The van der Waals surface area contributed by atoms with Crippen LogP contribution in [0.1, 0.15) is 38.5 Å². The summed E-state index contributed by atoms with van der Waals surface area (Å²) in [6.07, 6.45) is 6.65. The van der Waals surface area contributed by atoms with Gasteiger partial charge in [-0.05, 0) is 44.1 Å². The third-order valence-corrected chi connectivity index (χ3v) is 5.88. The van der Waals surface area contributed by atoms with Gasteiger partial charge in [-0.1, -0.05) is 12.8 Å². The number of nitrogens with one attached hydrogen (secondary N) is 1. The van der Waals surface area contributed by atoms with E-state index in [2.05, 4.69) is 4.72 Å². The van der Waals surface area contributed by atoms with E-state index < -0.39 is 10.2 Å². The number of hydrogen-bond acceptors (Lipinski definition) is 3. The van der Waals surface area contributed by atoms with Gasteiger partial charge in [-0.25, -0.2) is 4.72 Å². The number of nitrogens with zero attached hydrogens (tertiary/aromatic N) is 1. The Labute approximate surface area is 110 Å². The van der Waals surface area contributed by atoms with Crippen molar-refractivity contribution < 1.29 is 8.42 Å². The van der Waals surface area contributed by atoms with Gasteiger partial charge >= 0.3 is 0 Å². The summed E-state index contributed by atoms with van der Waals surface area (Å²) in [7, 11) is -3.25. The van der Waals surface area contributed by atoms with Crippen molar-refractivity contribution in [3.05, 3.63) is 0 Å². The summed E-state index contributed by atoms with van der Waals surface area (Å²) < 4.78 is 28.4. The van der Waals surface area contributed by atoms with Crippen molar-refractivity contribution in [1.82, 2.24) is 9.03 Å². The lowest BCUT2D eigenvalue weighted by Gasteiger charge is -2.31. The highest BCUT2D eigenvalue weighted by molar-refractivity contribution is 7.87. The minimum atomic E-state index is -3.25. The zero-order chi connectivity index (χ0) is 13.0. The maximum Gasteiger partial charge on any atom is 0.279 e. The summed E-state index contributed by atoms with van der Waals surface area (Å²) in [6, 6.07) is 0. The average molecular weight is 275 g/mol. The first-order chi connectivity index (χ1) is 8.63. The summed E-state index contributed by atoms with van der Waals surface area (Å²) in [5.41, 5.74) is 5.77. The second kappa shape index (κ2) is 6.32. The molecule has 2 unspecified atom stereocenters. The molecule has 106 valence electrons. The Hall–Kier alpha value is -0.170. The molecule has 2 aliphatic rings. The molecule has 0 bridgehead atoms. The smallest absolute Gasteiger partial charge is 0.279 e. The normalized spacial score (nSPS) is 30.7. The van der Waals surface area contributed by atoms with Gasteiger partial charge in [0.2, 0.25) is 0 Å². The molecule has 6 heteroatoms. The molecule has 1 saturated heterocycles. The third kappa shape index (κ3) is 3.44. The first-order valence-corrected chi connectivity index (χ1v) is 8.52. The third-order valence-electron chi connectivity index (χ3n) is 4.30. The standard InChI is InChI=1S/C12H25N3O2S/c13-9-11-5-1-2-6-12(11)10-14-18(16,17)15-7-3-4-8-15/h11-12,14H,1-10,13H2. The van der Waals surface area contributed by atoms with Gasteiger partial charge in [-0.2, -0.15) is 12.7 Å². The molecule has 2 fully saturated rings. The number of nitrogens with two attached hydrogens (primary N) is 1. The van der Waals surface area contributed by atoms with Crippen LogP contribution in [0.25, 0.3) is 0 Å². The van der Waals surface area contributed by atoms with Crippen LogP contribution in [0.4, 0.5) is 0 Å². The fraction of sp³-hybridized carbons (Fsp3) is 1.00. The summed E-state index contributed by atoms with van der Waals surface area (Å²) in [6.45, 7) is 2.57. The predicted molar refractivity (Wildman–Crippen MR) is 72.2 cm³/mol. The Morgan fingerprint density at radius 1 is 1.06 bits per heavy atom. The topological polar surface area (TPSA) is 75.4 Å². The van der Waals surface area contributed by atoms with Crippen LogP contribution in [0, 0.1) is 11.8 Å². The van der Waals surface area contributed by atoms with Gasteiger partial charge in [0.15, 0.2) is 0 Å². The van der Waals surface area contributed by atoms with Gasteiger partial charge in [0.25, 0.3) is 10.2 Å². The fourth-order valence-corrected chi connectivity index (χ4v) is 4.44. The van der Waals surface area contributed by atoms with Crippen LogP contribution in [-0.2, 0) is 10.2 Å². The van der Waals surface area contributed by atoms with E-state index in [4.69, 9.17) is 5.73 Å². The first kappa shape index (κ1) is 14.2. The predicted octanol–water partition coefficient (Wildman–Crippen LogP) is 0.682. The lowest BCUT2D eigenvalue weighted by molar-refractivity contribution is 0.243. The van der Waals surface area contributed by atoms with Gasteiger partial charge < -0.3 is 5.73 Å². The molecule has 0 amide bonds. The maximum atomic E-state index is 12.1. The number of hydrogen-bond donors (Lipinski definition) is 2. The molecule has 1 saturated carbocycles. The summed E-state index contributed by atoms with van der Waals surface area (Å²) in [5.74, 6) is 0.904. The molecular formula is C12H25N3O2S. The molecule has 1 heterocycles. The van der Waals surface area contributed by atoms with E-state index in [1.165, 1.54) is 12.8 Å². The van der Waals surface area contributed by atoms with E-state index in [9.17, 15) is 8.42 Å². The van der Waals surface area contributed by atoms with Crippen molar-refractivity contribution >= 4 is 10.2 Å². The van der Waals surface area contributed by atoms with Gasteiger partial charge in [-0.3, -0.25) is 0 Å². The molecule has 0 spiro atoms. The van der Waals surface area contributed by atoms with Gasteiger partial charge in [-0.15, -0.1) is 0 Å². The van der Waals surface area contributed by atoms with Crippen LogP contribution < -0.4 is 10.5 Å². The van der Waals surface area contributed by atoms with E-state index in [0.29, 0.717) is 38.0 Å². The molecule has 2 atom stereocenters. The lowest BCUT2D eigenvalue weighted by Crippen LogP contribution is -2.43. The maximum absolute atomic E-state index is 12.1. The SMILES string of the molecule is NCC1CCCCC1CNS(=O)(=O)N1CCCC1. The van der Waals surface area contributed by atoms with E-state index in [-0.39, 0.29) is 0 Å². The number of rotatable bonds is 5. The molecule has 0 radical (unpaired) electrons. The monoisotopic (exact) mass is 275 g/mol. The second-order valence-corrected chi connectivity index (χ2v) is 7.26. The largest absolute Gasteiger partial charge is 0.330 e. The fourth-order valence-electron chi connectivity index (χ4n) is 3.10. The van der Waals surface area contributed by atoms with E-state index in [0.717, 1.165) is 25.7 Å². The Balaban J connectivity index is 1.85. The molecule has 1 aliphatic heterocycles. The van der Waals surface area contributed by atoms with Crippen molar-refractivity contribution in [1.29, 1.82) is 0 Å². The summed E-state index contributed by atoms with van der Waals surface area (Å²) in [5, 5.41) is 0.